The number of terminal acetylenes is 1. The van der Waals surface area contributed by atoms with Gasteiger partial charge in [0.25, 0.3) is 0 Å². The molecule has 1 unspecified atom stereocenters. The largest absolute Gasteiger partial charge is 0.300 e. The summed E-state index contributed by atoms with van der Waals surface area (Å²) < 4.78 is 0. The zero-order chi connectivity index (χ0) is 8.69. The van der Waals surface area contributed by atoms with Crippen LogP contribution in [0.1, 0.15) is 33.6 Å². The van der Waals surface area contributed by atoms with Gasteiger partial charge in [0.1, 0.15) is 0 Å². The van der Waals surface area contributed by atoms with Crippen LogP contribution in [-0.4, -0.2) is 24.0 Å². The van der Waals surface area contributed by atoms with Crippen LogP contribution in [-0.2, 0) is 0 Å². The lowest BCUT2D eigenvalue weighted by Gasteiger charge is -2.26. The number of rotatable bonds is 5. The Labute approximate surface area is 70.8 Å². The molecular weight excluding hydrogens is 134 g/mol. The number of hydrogen-bond donors (Lipinski definition) is 0. The topological polar surface area (TPSA) is 3.24 Å². The Hall–Kier alpha value is -0.480. The van der Waals surface area contributed by atoms with E-state index in [1.165, 1.54) is 0 Å². The fraction of sp³-hybridized carbons (Fsp3) is 0.800. The van der Waals surface area contributed by atoms with E-state index < -0.39 is 0 Å². The van der Waals surface area contributed by atoms with Crippen LogP contribution in [0.15, 0.2) is 0 Å². The van der Waals surface area contributed by atoms with Crippen LogP contribution in [0, 0.1) is 12.3 Å². The summed E-state index contributed by atoms with van der Waals surface area (Å²) in [6.45, 7) is 8.78. The first-order valence-corrected chi connectivity index (χ1v) is 4.47. The van der Waals surface area contributed by atoms with Gasteiger partial charge in [-0.25, -0.2) is 0 Å². The third kappa shape index (κ3) is 3.43. The molecule has 0 saturated heterocycles. The van der Waals surface area contributed by atoms with Crippen LogP contribution in [0.3, 0.4) is 0 Å². The van der Waals surface area contributed by atoms with Crippen LogP contribution in [0.25, 0.3) is 0 Å². The Kier molecular flexibility index (Phi) is 5.97. The zero-order valence-corrected chi connectivity index (χ0v) is 7.93. The van der Waals surface area contributed by atoms with Gasteiger partial charge in [0.05, 0.1) is 0 Å². The van der Waals surface area contributed by atoms with Gasteiger partial charge in [-0.1, -0.05) is 20.8 Å². The summed E-state index contributed by atoms with van der Waals surface area (Å²) in [7, 11) is 0. The van der Waals surface area contributed by atoms with Crippen molar-refractivity contribution >= 4 is 0 Å². The molecule has 0 amide bonds. The molecule has 0 radical (unpaired) electrons. The second-order valence-electron chi connectivity index (χ2n) is 2.69. The molecule has 0 aromatic carbocycles. The van der Waals surface area contributed by atoms with Crippen molar-refractivity contribution in [2.75, 3.05) is 13.1 Å². The molecule has 0 N–H and O–H groups in total. The summed E-state index contributed by atoms with van der Waals surface area (Å²) in [5, 5.41) is 0. The Morgan fingerprint density at radius 3 is 2.09 bits per heavy atom. The maximum atomic E-state index is 5.28. The van der Waals surface area contributed by atoms with E-state index in [2.05, 4.69) is 31.6 Å². The number of nitrogens with zero attached hydrogens (tertiary/aromatic N) is 1. The van der Waals surface area contributed by atoms with E-state index >= 15 is 0 Å². The quantitative estimate of drug-likeness (QED) is 0.547. The average molecular weight is 153 g/mol. The second kappa shape index (κ2) is 6.24. The molecule has 0 heterocycles. The molecule has 1 nitrogen and oxygen atoms in total. The van der Waals surface area contributed by atoms with Gasteiger partial charge in [-0.15, -0.1) is 12.3 Å². The van der Waals surface area contributed by atoms with Gasteiger partial charge in [0.2, 0.25) is 0 Å². The lowest BCUT2D eigenvalue weighted by molar-refractivity contribution is 0.214. The molecular formula is C10H19N. The molecule has 0 saturated carbocycles. The van der Waals surface area contributed by atoms with Crippen LogP contribution in [0.2, 0.25) is 0 Å². The minimum absolute atomic E-state index is 0.593. The molecule has 0 aliphatic heterocycles. The highest BCUT2D eigenvalue weighted by molar-refractivity contribution is 4.89. The van der Waals surface area contributed by atoms with Crippen LogP contribution >= 0.6 is 0 Å². The summed E-state index contributed by atoms with van der Waals surface area (Å²) in [5.41, 5.74) is 0. The molecule has 0 aromatic rings. The molecule has 0 aromatic heterocycles. The first-order chi connectivity index (χ1) is 5.29. The molecule has 0 aliphatic carbocycles. The van der Waals surface area contributed by atoms with Crippen molar-refractivity contribution in [3.63, 3.8) is 0 Å². The van der Waals surface area contributed by atoms with E-state index in [0.29, 0.717) is 6.04 Å². The molecule has 0 aliphatic rings. The summed E-state index contributed by atoms with van der Waals surface area (Å²) in [6.07, 6.45) is 7.32. The molecule has 0 fully saturated rings. The predicted octanol–water partition coefficient (Wildman–Crippen LogP) is 2.13. The molecule has 0 bridgehead atoms. The first kappa shape index (κ1) is 10.5. The lowest BCUT2D eigenvalue weighted by Crippen LogP contribution is -2.34. The average Bonchev–Trinajstić information content (AvgIpc) is 2.05. The molecule has 11 heavy (non-hydrogen) atoms. The fourth-order valence-electron chi connectivity index (χ4n) is 1.41. The minimum atomic E-state index is 0.593. The second-order valence-corrected chi connectivity index (χ2v) is 2.69. The van der Waals surface area contributed by atoms with E-state index in [4.69, 9.17) is 6.42 Å². The van der Waals surface area contributed by atoms with E-state index in [0.717, 1.165) is 25.9 Å². The summed E-state index contributed by atoms with van der Waals surface area (Å²) in [4.78, 5) is 2.42. The molecule has 1 heteroatoms. The summed E-state index contributed by atoms with van der Waals surface area (Å²) in [5.74, 6) is 2.73. The zero-order valence-electron chi connectivity index (χ0n) is 7.93. The third-order valence-corrected chi connectivity index (χ3v) is 2.15. The van der Waals surface area contributed by atoms with Crippen molar-refractivity contribution < 1.29 is 0 Å². The predicted molar refractivity (Wildman–Crippen MR) is 50.5 cm³/mol. The molecule has 0 rings (SSSR count). The molecule has 64 valence electrons. The summed E-state index contributed by atoms with van der Waals surface area (Å²) >= 11 is 0. The SMILES string of the molecule is C#CCC(CC)N(CC)CC. The monoisotopic (exact) mass is 153 g/mol. The van der Waals surface area contributed by atoms with Crippen molar-refractivity contribution in [2.45, 2.75) is 39.7 Å². The van der Waals surface area contributed by atoms with E-state index in [1.807, 2.05) is 0 Å². The first-order valence-electron chi connectivity index (χ1n) is 4.47. The normalized spacial score (nSPS) is 13.0. The Morgan fingerprint density at radius 2 is 1.82 bits per heavy atom. The smallest absolute Gasteiger partial charge is 0.0242 e. The lowest BCUT2D eigenvalue weighted by atomic mass is 10.1. The van der Waals surface area contributed by atoms with Gasteiger partial charge in [-0.2, -0.15) is 0 Å². The van der Waals surface area contributed by atoms with Crippen molar-refractivity contribution in [2.24, 2.45) is 0 Å². The van der Waals surface area contributed by atoms with Gasteiger partial charge in [0.15, 0.2) is 0 Å². The third-order valence-electron chi connectivity index (χ3n) is 2.15. The molecule has 1 atom stereocenters. The van der Waals surface area contributed by atoms with Crippen molar-refractivity contribution in [1.29, 1.82) is 0 Å². The van der Waals surface area contributed by atoms with Crippen LogP contribution in [0.4, 0.5) is 0 Å². The highest BCUT2D eigenvalue weighted by atomic mass is 15.1. The Balaban J connectivity index is 3.89. The van der Waals surface area contributed by atoms with Gasteiger partial charge in [0, 0.05) is 12.5 Å². The standard InChI is InChI=1S/C10H19N/c1-5-9-10(6-2)11(7-3)8-4/h1,10H,6-9H2,2-4H3. The van der Waals surface area contributed by atoms with E-state index in [1.54, 1.807) is 0 Å². The van der Waals surface area contributed by atoms with Crippen LogP contribution in [0.5, 0.6) is 0 Å². The fourth-order valence-corrected chi connectivity index (χ4v) is 1.41. The van der Waals surface area contributed by atoms with Crippen molar-refractivity contribution in [3.8, 4) is 12.3 Å². The van der Waals surface area contributed by atoms with E-state index in [9.17, 15) is 0 Å². The minimum Gasteiger partial charge on any atom is -0.300 e. The highest BCUT2D eigenvalue weighted by Gasteiger charge is 2.10. The van der Waals surface area contributed by atoms with Gasteiger partial charge >= 0.3 is 0 Å². The maximum Gasteiger partial charge on any atom is 0.0242 e. The number of hydrogen-bond acceptors (Lipinski definition) is 1. The van der Waals surface area contributed by atoms with Gasteiger partial charge in [-0.05, 0) is 19.5 Å². The van der Waals surface area contributed by atoms with Gasteiger partial charge < -0.3 is 0 Å². The summed E-state index contributed by atoms with van der Waals surface area (Å²) in [6, 6.07) is 0.593. The molecule has 0 spiro atoms. The maximum absolute atomic E-state index is 5.28. The highest BCUT2D eigenvalue weighted by Crippen LogP contribution is 2.06. The van der Waals surface area contributed by atoms with Gasteiger partial charge in [-0.3, -0.25) is 4.90 Å². The van der Waals surface area contributed by atoms with Crippen molar-refractivity contribution in [1.82, 2.24) is 4.90 Å². The van der Waals surface area contributed by atoms with Crippen LogP contribution < -0.4 is 0 Å². The Morgan fingerprint density at radius 1 is 1.27 bits per heavy atom. The van der Waals surface area contributed by atoms with E-state index in [-0.39, 0.29) is 0 Å². The van der Waals surface area contributed by atoms with Crippen molar-refractivity contribution in [3.05, 3.63) is 0 Å². The Bertz CT molecular complexity index is 119.